The minimum atomic E-state index is -0.447. The van der Waals surface area contributed by atoms with Crippen LogP contribution in [-0.4, -0.2) is 27.7 Å². The first kappa shape index (κ1) is 19.8. The number of nitrogens with zero attached hydrogens (tertiary/aromatic N) is 2. The lowest BCUT2D eigenvalue weighted by atomic mass is 9.81. The molecule has 0 radical (unpaired) electrons. The highest BCUT2D eigenvalue weighted by Gasteiger charge is 2.62. The van der Waals surface area contributed by atoms with E-state index in [1.807, 2.05) is 24.3 Å². The molecule has 5 rings (SSSR count). The van der Waals surface area contributed by atoms with Crippen LogP contribution in [0.4, 0.5) is 0 Å². The summed E-state index contributed by atoms with van der Waals surface area (Å²) in [5.41, 5.74) is 1.09. The van der Waals surface area contributed by atoms with Crippen molar-refractivity contribution in [3.63, 3.8) is 0 Å². The van der Waals surface area contributed by atoms with Crippen LogP contribution in [0.2, 0.25) is 5.02 Å². The number of hydrogen-bond acceptors (Lipinski definition) is 3. The van der Waals surface area contributed by atoms with Crippen molar-refractivity contribution in [1.29, 1.82) is 0 Å². The van der Waals surface area contributed by atoms with Crippen molar-refractivity contribution in [2.24, 2.45) is 23.7 Å². The Hall–Kier alpha value is -2.18. The third-order valence-corrected chi connectivity index (χ3v) is 7.59. The summed E-state index contributed by atoms with van der Waals surface area (Å²) >= 11 is 9.68. The van der Waals surface area contributed by atoms with Gasteiger partial charge >= 0.3 is 0 Å². The Bertz CT molecular complexity index is 1010. The highest BCUT2D eigenvalue weighted by atomic mass is 79.9. The third kappa shape index (κ3) is 3.08. The second kappa shape index (κ2) is 7.50. The van der Waals surface area contributed by atoms with Gasteiger partial charge in [-0.3, -0.25) is 14.4 Å². The molecule has 7 heteroatoms. The lowest BCUT2D eigenvalue weighted by Crippen LogP contribution is -2.50. The van der Waals surface area contributed by atoms with E-state index in [0.717, 1.165) is 34.3 Å². The van der Waals surface area contributed by atoms with Crippen LogP contribution in [0.3, 0.4) is 0 Å². The molecule has 5 nitrogen and oxygen atoms in total. The number of imide groups is 1. The topological polar surface area (TPSA) is 57.7 Å². The second-order valence-electron chi connectivity index (χ2n) is 8.34. The smallest absolute Gasteiger partial charge is 0.272 e. The highest BCUT2D eigenvalue weighted by Crippen LogP contribution is 2.56. The van der Waals surface area contributed by atoms with Crippen LogP contribution in [0.1, 0.15) is 35.2 Å². The molecular weight excluding hydrogens is 468 g/mol. The van der Waals surface area contributed by atoms with Crippen LogP contribution in [0.5, 0.6) is 0 Å². The Morgan fingerprint density at radius 2 is 1.60 bits per heavy atom. The normalized spacial score (nSPS) is 26.9. The van der Waals surface area contributed by atoms with Gasteiger partial charge in [-0.25, -0.2) is 5.01 Å². The number of carbonyl (C=O) groups is 3. The van der Waals surface area contributed by atoms with Gasteiger partial charge in [0.05, 0.1) is 29.0 Å². The molecule has 3 amide bonds. The van der Waals surface area contributed by atoms with Crippen LogP contribution in [0.15, 0.2) is 53.0 Å². The first-order valence-electron chi connectivity index (χ1n) is 10.1. The van der Waals surface area contributed by atoms with E-state index in [1.165, 1.54) is 5.01 Å². The standard InChI is InChI=1S/C23H20BrClN2O3/c24-16-9-5-13(6-10-16)12-26(21(28)17-3-1-2-4-18(17)25)27-22(29)19-14-7-8-15(11-14)20(19)23(27)30/h1-6,9-10,14-15,19-20H,7-8,11-12H2/t14-,15-,19-,20-/m0/s1. The van der Waals surface area contributed by atoms with E-state index in [4.69, 9.17) is 11.6 Å². The van der Waals surface area contributed by atoms with Gasteiger partial charge in [0.1, 0.15) is 0 Å². The molecule has 3 fully saturated rings. The van der Waals surface area contributed by atoms with Gasteiger partial charge in [-0.2, -0.15) is 5.01 Å². The molecule has 1 aliphatic heterocycles. The second-order valence-corrected chi connectivity index (χ2v) is 9.67. The maximum absolute atomic E-state index is 13.5. The Labute approximate surface area is 188 Å². The van der Waals surface area contributed by atoms with Crippen LogP contribution >= 0.6 is 27.5 Å². The number of amides is 3. The van der Waals surface area contributed by atoms with E-state index in [1.54, 1.807) is 24.3 Å². The predicted molar refractivity (Wildman–Crippen MR) is 115 cm³/mol. The van der Waals surface area contributed by atoms with Crippen molar-refractivity contribution in [2.75, 3.05) is 0 Å². The summed E-state index contributed by atoms with van der Waals surface area (Å²) in [5.74, 6) is -0.995. The average molecular weight is 488 g/mol. The molecule has 30 heavy (non-hydrogen) atoms. The summed E-state index contributed by atoms with van der Waals surface area (Å²) < 4.78 is 0.912. The Morgan fingerprint density at radius 1 is 1.00 bits per heavy atom. The van der Waals surface area contributed by atoms with Crippen LogP contribution in [-0.2, 0) is 16.1 Å². The Balaban J connectivity index is 1.53. The molecular formula is C23H20BrClN2O3. The van der Waals surface area contributed by atoms with Gasteiger partial charge in [0.25, 0.3) is 17.7 Å². The molecule has 0 unspecified atom stereocenters. The maximum Gasteiger partial charge on any atom is 0.274 e. The van der Waals surface area contributed by atoms with Crippen molar-refractivity contribution < 1.29 is 14.4 Å². The summed E-state index contributed by atoms with van der Waals surface area (Å²) in [6.45, 7) is 0.115. The van der Waals surface area contributed by atoms with Gasteiger partial charge in [0, 0.05) is 4.47 Å². The molecule has 2 bridgehead atoms. The molecule has 2 aromatic rings. The zero-order valence-corrected chi connectivity index (χ0v) is 18.5. The number of hydrogen-bond donors (Lipinski definition) is 0. The van der Waals surface area contributed by atoms with Gasteiger partial charge in [-0.1, -0.05) is 51.8 Å². The molecule has 2 aromatic carbocycles. The molecule has 154 valence electrons. The monoisotopic (exact) mass is 486 g/mol. The van der Waals surface area contributed by atoms with E-state index in [2.05, 4.69) is 15.9 Å². The van der Waals surface area contributed by atoms with Crippen LogP contribution in [0.25, 0.3) is 0 Å². The fourth-order valence-electron chi connectivity index (χ4n) is 5.40. The van der Waals surface area contributed by atoms with Gasteiger partial charge in [-0.15, -0.1) is 0 Å². The average Bonchev–Trinajstić information content (AvgIpc) is 3.42. The largest absolute Gasteiger partial charge is 0.274 e. The quantitative estimate of drug-likeness (QED) is 0.588. The molecule has 3 aliphatic rings. The lowest BCUT2D eigenvalue weighted by Gasteiger charge is -2.31. The predicted octanol–water partition coefficient (Wildman–Crippen LogP) is 4.69. The minimum Gasteiger partial charge on any atom is -0.272 e. The molecule has 4 atom stereocenters. The zero-order chi connectivity index (χ0) is 21.0. The zero-order valence-electron chi connectivity index (χ0n) is 16.1. The van der Waals surface area contributed by atoms with Crippen molar-refractivity contribution in [1.82, 2.24) is 10.0 Å². The SMILES string of the molecule is O=C(c1ccccc1Cl)N(Cc1ccc(Br)cc1)N1C(=O)[C@H]2[C@H]3CC[C@@H](C3)[C@@H]2C1=O. The Kier molecular flexibility index (Phi) is 4.94. The first-order valence-corrected chi connectivity index (χ1v) is 11.3. The number of halogens is 2. The van der Waals surface area contributed by atoms with Crippen molar-refractivity contribution in [3.05, 3.63) is 69.2 Å². The highest BCUT2D eigenvalue weighted by molar-refractivity contribution is 9.10. The molecule has 1 saturated heterocycles. The number of rotatable bonds is 4. The van der Waals surface area contributed by atoms with Gasteiger partial charge in [0.15, 0.2) is 0 Å². The molecule has 2 aliphatic carbocycles. The molecule has 0 spiro atoms. The van der Waals surface area contributed by atoms with Crippen molar-refractivity contribution in [2.45, 2.75) is 25.8 Å². The van der Waals surface area contributed by atoms with E-state index in [-0.39, 0.29) is 47.6 Å². The summed E-state index contributed by atoms with van der Waals surface area (Å²) in [7, 11) is 0. The number of carbonyl (C=O) groups excluding carboxylic acids is 3. The fourth-order valence-corrected chi connectivity index (χ4v) is 5.88. The maximum atomic E-state index is 13.5. The van der Waals surface area contributed by atoms with Gasteiger partial charge < -0.3 is 0 Å². The molecule has 2 saturated carbocycles. The Morgan fingerprint density at radius 3 is 2.20 bits per heavy atom. The number of benzene rings is 2. The first-order chi connectivity index (χ1) is 14.5. The lowest BCUT2D eigenvalue weighted by molar-refractivity contribution is -0.156. The van der Waals surface area contributed by atoms with E-state index >= 15 is 0 Å². The fraction of sp³-hybridized carbons (Fsp3) is 0.348. The van der Waals surface area contributed by atoms with Crippen molar-refractivity contribution >= 4 is 45.3 Å². The third-order valence-electron chi connectivity index (χ3n) is 6.73. The van der Waals surface area contributed by atoms with Crippen LogP contribution < -0.4 is 0 Å². The van der Waals surface area contributed by atoms with Gasteiger partial charge in [-0.05, 0) is 60.9 Å². The van der Waals surface area contributed by atoms with Crippen LogP contribution in [0, 0.1) is 23.7 Å². The summed E-state index contributed by atoms with van der Waals surface area (Å²) in [4.78, 5) is 40.2. The number of fused-ring (bicyclic) bond motifs is 5. The summed E-state index contributed by atoms with van der Waals surface area (Å²) in [6.07, 6.45) is 2.93. The van der Waals surface area contributed by atoms with E-state index in [0.29, 0.717) is 5.02 Å². The summed E-state index contributed by atoms with van der Waals surface area (Å²) in [5, 5.41) is 2.70. The van der Waals surface area contributed by atoms with E-state index < -0.39 is 5.91 Å². The molecule has 1 heterocycles. The molecule has 0 N–H and O–H groups in total. The van der Waals surface area contributed by atoms with Crippen molar-refractivity contribution in [3.8, 4) is 0 Å². The number of hydrazine groups is 1. The molecule has 0 aromatic heterocycles. The summed E-state index contributed by atoms with van der Waals surface area (Å²) in [6, 6.07) is 14.2. The van der Waals surface area contributed by atoms with E-state index in [9.17, 15) is 14.4 Å². The van der Waals surface area contributed by atoms with Gasteiger partial charge in [0.2, 0.25) is 0 Å². The minimum absolute atomic E-state index is 0.115.